The van der Waals surface area contributed by atoms with Gasteiger partial charge in [-0.05, 0) is 42.4 Å². The first-order valence-corrected chi connectivity index (χ1v) is 6.14. The first-order chi connectivity index (χ1) is 8.72. The van der Waals surface area contributed by atoms with E-state index in [4.69, 9.17) is 0 Å². The van der Waals surface area contributed by atoms with Gasteiger partial charge in [0.2, 0.25) is 5.43 Å². The van der Waals surface area contributed by atoms with Gasteiger partial charge in [0, 0.05) is 11.8 Å². The summed E-state index contributed by atoms with van der Waals surface area (Å²) in [7, 11) is 0. The minimum atomic E-state index is -0.597. The molecule has 1 aliphatic carbocycles. The van der Waals surface area contributed by atoms with Crippen LogP contribution in [0.15, 0.2) is 33.9 Å². The first-order valence-electron chi connectivity index (χ1n) is 6.14. The number of nitrogens with one attached hydrogen (secondary N) is 2. The highest BCUT2D eigenvalue weighted by molar-refractivity contribution is 5.38. The lowest BCUT2D eigenvalue weighted by Gasteiger charge is -2.19. The number of aromatic amines is 2. The molecule has 1 aliphatic rings. The number of benzene rings is 1. The van der Waals surface area contributed by atoms with Gasteiger partial charge in [0.25, 0.3) is 0 Å². The Labute approximate surface area is 104 Å². The lowest BCUT2D eigenvalue weighted by Crippen LogP contribution is -2.27. The molecular formula is C14H14N2O2. The molecule has 0 saturated heterocycles. The third-order valence-corrected chi connectivity index (χ3v) is 3.48. The molecule has 0 saturated carbocycles. The molecule has 0 unspecified atom stereocenters. The van der Waals surface area contributed by atoms with Crippen LogP contribution in [0.1, 0.15) is 22.4 Å². The molecule has 2 aromatic rings. The maximum Gasteiger partial charge on any atom is 0.310 e. The summed E-state index contributed by atoms with van der Waals surface area (Å²) in [5, 5.41) is 5.09. The summed E-state index contributed by atoms with van der Waals surface area (Å²) >= 11 is 0. The van der Waals surface area contributed by atoms with Crippen molar-refractivity contribution in [3.8, 4) is 0 Å². The van der Waals surface area contributed by atoms with Crippen molar-refractivity contribution >= 4 is 0 Å². The van der Waals surface area contributed by atoms with Crippen LogP contribution in [0, 0.1) is 0 Å². The van der Waals surface area contributed by atoms with Crippen LogP contribution in [0.3, 0.4) is 0 Å². The van der Waals surface area contributed by atoms with E-state index in [9.17, 15) is 9.59 Å². The number of aromatic nitrogens is 2. The van der Waals surface area contributed by atoms with Gasteiger partial charge < -0.3 is 5.10 Å². The van der Waals surface area contributed by atoms with Gasteiger partial charge in [-0.1, -0.05) is 18.2 Å². The quantitative estimate of drug-likeness (QED) is 0.787. The van der Waals surface area contributed by atoms with Crippen molar-refractivity contribution in [1.82, 2.24) is 10.2 Å². The van der Waals surface area contributed by atoms with Crippen molar-refractivity contribution in [2.24, 2.45) is 0 Å². The van der Waals surface area contributed by atoms with Gasteiger partial charge in [0.05, 0.1) is 0 Å². The van der Waals surface area contributed by atoms with Gasteiger partial charge in [-0.15, -0.1) is 0 Å². The molecule has 18 heavy (non-hydrogen) atoms. The van der Waals surface area contributed by atoms with Gasteiger partial charge >= 0.3 is 5.56 Å². The summed E-state index contributed by atoms with van der Waals surface area (Å²) in [4.78, 5) is 22.1. The molecule has 92 valence electrons. The molecule has 1 heterocycles. The van der Waals surface area contributed by atoms with Gasteiger partial charge in [-0.3, -0.25) is 14.7 Å². The SMILES string of the molecule is O=c1cc(CCc2ccc3c(c2)CC3)[nH][nH]c1=O. The summed E-state index contributed by atoms with van der Waals surface area (Å²) in [5.41, 5.74) is 3.86. The van der Waals surface area contributed by atoms with Gasteiger partial charge in [0.1, 0.15) is 0 Å². The summed E-state index contributed by atoms with van der Waals surface area (Å²) in [6.45, 7) is 0. The molecule has 1 aromatic carbocycles. The largest absolute Gasteiger partial charge is 0.310 e. The summed E-state index contributed by atoms with van der Waals surface area (Å²) in [6.07, 6.45) is 3.97. The van der Waals surface area contributed by atoms with E-state index in [1.807, 2.05) is 0 Å². The molecule has 0 bridgehead atoms. The third kappa shape index (κ3) is 2.01. The second-order valence-electron chi connectivity index (χ2n) is 4.72. The highest BCUT2D eigenvalue weighted by atomic mass is 16.2. The van der Waals surface area contributed by atoms with E-state index in [2.05, 4.69) is 28.4 Å². The van der Waals surface area contributed by atoms with Crippen molar-refractivity contribution in [1.29, 1.82) is 0 Å². The molecule has 1 aromatic heterocycles. The zero-order valence-electron chi connectivity index (χ0n) is 9.95. The van der Waals surface area contributed by atoms with Crippen LogP contribution in [0.5, 0.6) is 0 Å². The minimum absolute atomic E-state index is 0.485. The number of hydrogen-bond donors (Lipinski definition) is 2. The lowest BCUT2D eigenvalue weighted by molar-refractivity contribution is 0.813. The molecule has 0 amide bonds. The van der Waals surface area contributed by atoms with Crippen LogP contribution < -0.4 is 11.0 Å². The van der Waals surface area contributed by atoms with E-state index in [0.717, 1.165) is 18.5 Å². The number of fused-ring (bicyclic) bond motifs is 1. The van der Waals surface area contributed by atoms with E-state index >= 15 is 0 Å². The Morgan fingerprint density at radius 2 is 1.78 bits per heavy atom. The van der Waals surface area contributed by atoms with Crippen LogP contribution in [0.4, 0.5) is 0 Å². The maximum atomic E-state index is 11.2. The van der Waals surface area contributed by atoms with E-state index in [1.54, 1.807) is 0 Å². The second-order valence-corrected chi connectivity index (χ2v) is 4.72. The fourth-order valence-electron chi connectivity index (χ4n) is 2.28. The Morgan fingerprint density at radius 3 is 2.44 bits per heavy atom. The molecule has 0 atom stereocenters. The molecule has 3 rings (SSSR count). The Bertz CT molecular complexity index is 697. The average molecular weight is 242 g/mol. The zero-order chi connectivity index (χ0) is 12.5. The molecule has 0 spiro atoms. The van der Waals surface area contributed by atoms with Crippen molar-refractivity contribution in [2.45, 2.75) is 25.7 Å². The number of aryl methyl sites for hydroxylation is 4. The van der Waals surface area contributed by atoms with E-state index in [1.165, 1.54) is 35.6 Å². The van der Waals surface area contributed by atoms with Crippen molar-refractivity contribution in [3.63, 3.8) is 0 Å². The molecule has 0 aliphatic heterocycles. The normalized spacial score (nSPS) is 12.9. The van der Waals surface area contributed by atoms with Crippen LogP contribution in [0.25, 0.3) is 0 Å². The first kappa shape index (κ1) is 11.0. The molecule has 2 N–H and O–H groups in total. The van der Waals surface area contributed by atoms with Crippen molar-refractivity contribution in [3.05, 3.63) is 67.2 Å². The molecule has 0 radical (unpaired) electrons. The second kappa shape index (κ2) is 4.29. The smallest absolute Gasteiger partial charge is 0.302 e. The summed E-state index contributed by atoms with van der Waals surface area (Å²) < 4.78 is 0. The van der Waals surface area contributed by atoms with Gasteiger partial charge in [-0.2, -0.15) is 0 Å². The predicted molar refractivity (Wildman–Crippen MR) is 68.9 cm³/mol. The fourth-order valence-corrected chi connectivity index (χ4v) is 2.28. The highest BCUT2D eigenvalue weighted by Crippen LogP contribution is 2.23. The molecular weight excluding hydrogens is 228 g/mol. The minimum Gasteiger partial charge on any atom is -0.302 e. The fraction of sp³-hybridized carbons (Fsp3) is 0.286. The number of hydrogen-bond acceptors (Lipinski definition) is 2. The number of H-pyrrole nitrogens is 2. The van der Waals surface area contributed by atoms with Crippen LogP contribution >= 0.6 is 0 Å². The van der Waals surface area contributed by atoms with Gasteiger partial charge in [0.15, 0.2) is 0 Å². The Hall–Kier alpha value is -2.10. The highest BCUT2D eigenvalue weighted by Gasteiger charge is 2.12. The monoisotopic (exact) mass is 242 g/mol. The molecule has 4 nitrogen and oxygen atoms in total. The van der Waals surface area contributed by atoms with Crippen molar-refractivity contribution in [2.75, 3.05) is 0 Å². The third-order valence-electron chi connectivity index (χ3n) is 3.48. The summed E-state index contributed by atoms with van der Waals surface area (Å²) in [6, 6.07) is 7.94. The predicted octanol–water partition coefficient (Wildman–Crippen LogP) is 0.947. The Morgan fingerprint density at radius 1 is 0.944 bits per heavy atom. The average Bonchev–Trinajstić information content (AvgIpc) is 2.33. The van der Waals surface area contributed by atoms with Crippen LogP contribution in [-0.4, -0.2) is 10.2 Å². The van der Waals surface area contributed by atoms with E-state index < -0.39 is 11.0 Å². The number of rotatable bonds is 3. The zero-order valence-corrected chi connectivity index (χ0v) is 9.95. The Balaban J connectivity index is 1.73. The van der Waals surface area contributed by atoms with Crippen LogP contribution in [-0.2, 0) is 25.7 Å². The van der Waals surface area contributed by atoms with Gasteiger partial charge in [-0.25, -0.2) is 0 Å². The van der Waals surface area contributed by atoms with E-state index in [0.29, 0.717) is 0 Å². The van der Waals surface area contributed by atoms with Crippen molar-refractivity contribution < 1.29 is 0 Å². The maximum absolute atomic E-state index is 11.2. The Kier molecular flexibility index (Phi) is 2.63. The molecule has 0 fully saturated rings. The summed E-state index contributed by atoms with van der Waals surface area (Å²) in [5.74, 6) is 0. The topological polar surface area (TPSA) is 65.7 Å². The van der Waals surface area contributed by atoms with Crippen LogP contribution in [0.2, 0.25) is 0 Å². The van der Waals surface area contributed by atoms with E-state index in [-0.39, 0.29) is 0 Å². The standard InChI is InChI=1S/C14H14N2O2/c17-13-8-12(15-16-14(13)18)6-2-9-1-3-10-4-5-11(10)7-9/h1,3,7-8H,2,4-6H2,(H,15,17)(H,16,18). The molecule has 4 heteroatoms. The lowest BCUT2D eigenvalue weighted by atomic mass is 9.86.